The van der Waals surface area contributed by atoms with Gasteiger partial charge in [0, 0.05) is 0 Å². The summed E-state index contributed by atoms with van der Waals surface area (Å²) in [6.45, 7) is 3.94. The summed E-state index contributed by atoms with van der Waals surface area (Å²) in [5.74, 6) is -0.286. The average Bonchev–Trinajstić information content (AvgIpc) is 2.39. The number of esters is 1. The molecule has 1 unspecified atom stereocenters. The van der Waals surface area contributed by atoms with Crippen LogP contribution in [0, 0.1) is 16.7 Å². The SMILES string of the molecule is COC(=O)[C@@H]1CC(C)(C)C(C#N)N1. The summed E-state index contributed by atoms with van der Waals surface area (Å²) in [4.78, 5) is 11.2. The van der Waals surface area contributed by atoms with Gasteiger partial charge >= 0.3 is 5.97 Å². The predicted octanol–water partition coefficient (Wildman–Crippen LogP) is 0.440. The molecule has 0 radical (unpaired) electrons. The van der Waals surface area contributed by atoms with Gasteiger partial charge in [-0.2, -0.15) is 5.26 Å². The Morgan fingerprint density at radius 1 is 1.69 bits per heavy atom. The fourth-order valence-corrected chi connectivity index (χ4v) is 1.64. The predicted molar refractivity (Wildman–Crippen MR) is 46.7 cm³/mol. The molecule has 1 saturated heterocycles. The fraction of sp³-hybridized carbons (Fsp3) is 0.778. The van der Waals surface area contributed by atoms with E-state index in [2.05, 4.69) is 16.1 Å². The molecular formula is C9H14N2O2. The van der Waals surface area contributed by atoms with Crippen molar-refractivity contribution in [1.82, 2.24) is 5.32 Å². The largest absolute Gasteiger partial charge is 0.468 e. The molecule has 0 aromatic rings. The van der Waals surface area contributed by atoms with Gasteiger partial charge in [0.15, 0.2) is 0 Å². The molecule has 2 atom stereocenters. The Hall–Kier alpha value is -1.08. The highest BCUT2D eigenvalue weighted by Crippen LogP contribution is 2.33. The lowest BCUT2D eigenvalue weighted by Gasteiger charge is -2.19. The highest BCUT2D eigenvalue weighted by atomic mass is 16.5. The molecule has 0 aromatic heterocycles. The van der Waals surface area contributed by atoms with Crippen molar-refractivity contribution in [3.05, 3.63) is 0 Å². The maximum Gasteiger partial charge on any atom is 0.322 e. The third-order valence-corrected chi connectivity index (χ3v) is 2.49. The van der Waals surface area contributed by atoms with Gasteiger partial charge in [-0.25, -0.2) is 0 Å². The Morgan fingerprint density at radius 3 is 2.69 bits per heavy atom. The van der Waals surface area contributed by atoms with Crippen LogP contribution in [0.4, 0.5) is 0 Å². The monoisotopic (exact) mass is 182 g/mol. The first kappa shape index (κ1) is 10.0. The summed E-state index contributed by atoms with van der Waals surface area (Å²) in [6.07, 6.45) is 0.651. The average molecular weight is 182 g/mol. The molecule has 1 fully saturated rings. The Labute approximate surface area is 77.9 Å². The van der Waals surface area contributed by atoms with Crippen molar-refractivity contribution in [2.75, 3.05) is 7.11 Å². The number of nitrogens with one attached hydrogen (secondary N) is 1. The molecule has 1 N–H and O–H groups in total. The van der Waals surface area contributed by atoms with Gasteiger partial charge in [0.05, 0.1) is 13.2 Å². The Morgan fingerprint density at radius 2 is 2.31 bits per heavy atom. The van der Waals surface area contributed by atoms with Gasteiger partial charge in [-0.1, -0.05) is 13.8 Å². The molecule has 4 heteroatoms. The number of hydrogen-bond donors (Lipinski definition) is 1. The molecule has 13 heavy (non-hydrogen) atoms. The molecule has 1 heterocycles. The van der Waals surface area contributed by atoms with E-state index in [9.17, 15) is 4.79 Å². The zero-order chi connectivity index (χ0) is 10.1. The van der Waals surface area contributed by atoms with E-state index in [0.29, 0.717) is 6.42 Å². The third-order valence-electron chi connectivity index (χ3n) is 2.49. The van der Waals surface area contributed by atoms with Gasteiger partial charge in [0.2, 0.25) is 0 Å². The van der Waals surface area contributed by atoms with Gasteiger partial charge in [-0.3, -0.25) is 10.1 Å². The molecule has 0 aliphatic carbocycles. The molecule has 1 rings (SSSR count). The Balaban J connectivity index is 2.71. The van der Waals surface area contributed by atoms with Gasteiger partial charge in [0.25, 0.3) is 0 Å². The second kappa shape index (κ2) is 3.35. The number of rotatable bonds is 1. The molecule has 0 bridgehead atoms. The molecular weight excluding hydrogens is 168 g/mol. The van der Waals surface area contributed by atoms with Crippen LogP contribution in [0.1, 0.15) is 20.3 Å². The van der Waals surface area contributed by atoms with Gasteiger partial charge in [0.1, 0.15) is 12.1 Å². The summed E-state index contributed by atoms with van der Waals surface area (Å²) in [7, 11) is 1.36. The van der Waals surface area contributed by atoms with Crippen molar-refractivity contribution in [3.8, 4) is 6.07 Å². The Bertz CT molecular complexity index is 255. The number of hydrogen-bond acceptors (Lipinski definition) is 4. The van der Waals surface area contributed by atoms with Crippen LogP contribution in [0.3, 0.4) is 0 Å². The second-order valence-corrected chi connectivity index (χ2v) is 4.00. The molecule has 1 aliphatic heterocycles. The zero-order valence-electron chi connectivity index (χ0n) is 8.13. The molecule has 0 amide bonds. The van der Waals surface area contributed by atoms with E-state index >= 15 is 0 Å². The van der Waals surface area contributed by atoms with Crippen molar-refractivity contribution in [1.29, 1.82) is 5.26 Å². The summed E-state index contributed by atoms with van der Waals surface area (Å²) in [5, 5.41) is 11.8. The molecule has 0 spiro atoms. The van der Waals surface area contributed by atoms with E-state index in [1.54, 1.807) is 0 Å². The van der Waals surface area contributed by atoms with Crippen LogP contribution < -0.4 is 5.32 Å². The van der Waals surface area contributed by atoms with Crippen molar-refractivity contribution < 1.29 is 9.53 Å². The van der Waals surface area contributed by atoms with Crippen LogP contribution in [-0.2, 0) is 9.53 Å². The van der Waals surface area contributed by atoms with Crippen LogP contribution in [0.15, 0.2) is 0 Å². The molecule has 0 aromatic carbocycles. The maximum absolute atomic E-state index is 11.2. The van der Waals surface area contributed by atoms with Crippen molar-refractivity contribution >= 4 is 5.97 Å². The van der Waals surface area contributed by atoms with E-state index in [-0.39, 0.29) is 23.5 Å². The van der Waals surface area contributed by atoms with Crippen LogP contribution in [0.5, 0.6) is 0 Å². The minimum atomic E-state index is -0.329. The molecule has 0 saturated carbocycles. The standard InChI is InChI=1S/C9H14N2O2/c1-9(2)4-6(8(12)13-3)11-7(9)5-10/h6-7,11H,4H2,1-3H3/t6-,7?/m0/s1. The van der Waals surface area contributed by atoms with Crippen LogP contribution in [-0.4, -0.2) is 25.2 Å². The number of nitriles is 1. The van der Waals surface area contributed by atoms with Crippen LogP contribution in [0.2, 0.25) is 0 Å². The molecule has 72 valence electrons. The highest BCUT2D eigenvalue weighted by Gasteiger charge is 2.43. The summed E-state index contributed by atoms with van der Waals surface area (Å²) in [6, 6.07) is 1.55. The van der Waals surface area contributed by atoms with Crippen molar-refractivity contribution in [3.63, 3.8) is 0 Å². The number of methoxy groups -OCH3 is 1. The lowest BCUT2D eigenvalue weighted by Crippen LogP contribution is -2.37. The molecule has 4 nitrogen and oxygen atoms in total. The van der Waals surface area contributed by atoms with Gasteiger partial charge in [-0.05, 0) is 11.8 Å². The summed E-state index contributed by atoms with van der Waals surface area (Å²) in [5.41, 5.74) is -0.159. The van der Waals surface area contributed by atoms with E-state index in [4.69, 9.17) is 5.26 Å². The lowest BCUT2D eigenvalue weighted by molar-refractivity contribution is -0.142. The highest BCUT2D eigenvalue weighted by molar-refractivity contribution is 5.76. The Kier molecular flexibility index (Phi) is 2.58. The minimum Gasteiger partial charge on any atom is -0.468 e. The van der Waals surface area contributed by atoms with Crippen LogP contribution >= 0.6 is 0 Å². The second-order valence-electron chi connectivity index (χ2n) is 4.00. The van der Waals surface area contributed by atoms with Crippen molar-refractivity contribution in [2.24, 2.45) is 5.41 Å². The van der Waals surface area contributed by atoms with Gasteiger partial charge in [-0.15, -0.1) is 0 Å². The topological polar surface area (TPSA) is 62.1 Å². The quantitative estimate of drug-likeness (QED) is 0.598. The number of ether oxygens (including phenoxy) is 1. The first-order valence-electron chi connectivity index (χ1n) is 4.25. The minimum absolute atomic E-state index is 0.159. The summed E-state index contributed by atoms with van der Waals surface area (Å²) >= 11 is 0. The summed E-state index contributed by atoms with van der Waals surface area (Å²) < 4.78 is 4.61. The van der Waals surface area contributed by atoms with E-state index < -0.39 is 0 Å². The number of nitrogens with zero attached hydrogens (tertiary/aromatic N) is 1. The maximum atomic E-state index is 11.2. The fourth-order valence-electron chi connectivity index (χ4n) is 1.64. The number of carbonyl (C=O) groups excluding carboxylic acids is 1. The lowest BCUT2D eigenvalue weighted by atomic mass is 9.84. The zero-order valence-corrected chi connectivity index (χ0v) is 8.13. The van der Waals surface area contributed by atoms with E-state index in [0.717, 1.165) is 0 Å². The van der Waals surface area contributed by atoms with Crippen molar-refractivity contribution in [2.45, 2.75) is 32.4 Å². The van der Waals surface area contributed by atoms with Crippen LogP contribution in [0.25, 0.3) is 0 Å². The van der Waals surface area contributed by atoms with E-state index in [1.165, 1.54) is 7.11 Å². The normalized spacial score (nSPS) is 30.9. The first-order valence-corrected chi connectivity index (χ1v) is 4.25. The van der Waals surface area contributed by atoms with E-state index in [1.807, 2.05) is 13.8 Å². The smallest absolute Gasteiger partial charge is 0.322 e. The third kappa shape index (κ3) is 1.81. The van der Waals surface area contributed by atoms with Gasteiger partial charge < -0.3 is 4.74 Å². The number of carbonyl (C=O) groups is 1. The first-order chi connectivity index (χ1) is 6.01. The molecule has 1 aliphatic rings.